The van der Waals surface area contributed by atoms with Crippen LogP contribution in [0, 0.1) is 0 Å². The summed E-state index contributed by atoms with van der Waals surface area (Å²) in [5.74, 6) is -2.60. The number of hydroxylamine groups is 2. The molecule has 2 aromatic rings. The number of carbonyl (C=O) groups excluding carboxylic acids is 3. The number of rotatable bonds is 3. The van der Waals surface area contributed by atoms with Gasteiger partial charge in [-0.1, -0.05) is 31.0 Å². The molecule has 0 bridgehead atoms. The maximum Gasteiger partial charge on any atom is 0.404 e. The van der Waals surface area contributed by atoms with E-state index in [1.54, 1.807) is 12.1 Å². The van der Waals surface area contributed by atoms with E-state index in [-0.39, 0.29) is 28.8 Å². The smallest absolute Gasteiger partial charge is 0.338 e. The van der Waals surface area contributed by atoms with Crippen molar-refractivity contribution in [1.82, 2.24) is 15.2 Å². The van der Waals surface area contributed by atoms with Gasteiger partial charge in [0.15, 0.2) is 0 Å². The van der Waals surface area contributed by atoms with Crippen molar-refractivity contribution in [3.63, 3.8) is 0 Å². The Labute approximate surface area is 124 Å². The number of hydrogen-bond donors (Lipinski definition) is 0. The zero-order valence-corrected chi connectivity index (χ0v) is 11.8. The summed E-state index contributed by atoms with van der Waals surface area (Å²) >= 11 is 0. The maximum absolute atomic E-state index is 12.1. The van der Waals surface area contributed by atoms with Crippen LogP contribution in [0.3, 0.4) is 0 Å². The molecule has 0 aliphatic carbocycles. The SMILES string of the molecule is CC(C)c1nc(C(=O)ON2C(=O)c3ccccc3C2=O)no1. The first-order valence-corrected chi connectivity index (χ1v) is 6.52. The molecule has 0 atom stereocenters. The monoisotopic (exact) mass is 301 g/mol. The lowest BCUT2D eigenvalue weighted by atomic mass is 10.1. The predicted molar refractivity (Wildman–Crippen MR) is 70.7 cm³/mol. The summed E-state index contributed by atoms with van der Waals surface area (Å²) in [4.78, 5) is 44.7. The van der Waals surface area contributed by atoms with Gasteiger partial charge in [-0.15, -0.1) is 0 Å². The van der Waals surface area contributed by atoms with E-state index < -0.39 is 17.8 Å². The number of benzene rings is 1. The van der Waals surface area contributed by atoms with Crippen molar-refractivity contribution in [3.05, 3.63) is 47.1 Å². The van der Waals surface area contributed by atoms with Crippen molar-refractivity contribution in [2.24, 2.45) is 0 Å². The van der Waals surface area contributed by atoms with Crippen molar-refractivity contribution in [2.75, 3.05) is 0 Å². The Morgan fingerprint density at radius 2 is 1.77 bits per heavy atom. The van der Waals surface area contributed by atoms with Gasteiger partial charge in [-0.2, -0.15) is 4.98 Å². The van der Waals surface area contributed by atoms with Crippen LogP contribution in [0.2, 0.25) is 0 Å². The molecule has 3 rings (SSSR count). The third kappa shape index (κ3) is 2.14. The molecule has 1 aromatic carbocycles. The first-order chi connectivity index (χ1) is 10.5. The molecule has 0 saturated heterocycles. The van der Waals surface area contributed by atoms with Crippen LogP contribution < -0.4 is 0 Å². The molecule has 2 amide bonds. The number of aromatic nitrogens is 2. The van der Waals surface area contributed by atoms with Gasteiger partial charge < -0.3 is 9.36 Å². The van der Waals surface area contributed by atoms with Gasteiger partial charge in [0.05, 0.1) is 11.1 Å². The lowest BCUT2D eigenvalue weighted by Crippen LogP contribution is -2.33. The topological polar surface area (TPSA) is 103 Å². The van der Waals surface area contributed by atoms with E-state index in [9.17, 15) is 14.4 Å². The molecule has 0 saturated carbocycles. The van der Waals surface area contributed by atoms with Crippen LogP contribution in [0.4, 0.5) is 0 Å². The lowest BCUT2D eigenvalue weighted by molar-refractivity contribution is -0.0594. The van der Waals surface area contributed by atoms with Crippen LogP contribution in [-0.4, -0.2) is 33.0 Å². The van der Waals surface area contributed by atoms with E-state index >= 15 is 0 Å². The summed E-state index contributed by atoms with van der Waals surface area (Å²) in [6.07, 6.45) is 0. The molecule has 1 aromatic heterocycles. The second-order valence-corrected chi connectivity index (χ2v) is 4.94. The molecule has 1 aliphatic heterocycles. The van der Waals surface area contributed by atoms with Crippen LogP contribution in [-0.2, 0) is 4.84 Å². The van der Waals surface area contributed by atoms with E-state index in [4.69, 9.17) is 9.36 Å². The Morgan fingerprint density at radius 1 is 1.18 bits per heavy atom. The Balaban J connectivity index is 1.80. The largest absolute Gasteiger partial charge is 0.404 e. The van der Waals surface area contributed by atoms with Gasteiger partial charge >= 0.3 is 5.97 Å². The lowest BCUT2D eigenvalue weighted by Gasteiger charge is -2.10. The summed E-state index contributed by atoms with van der Waals surface area (Å²) in [7, 11) is 0. The second kappa shape index (κ2) is 5.06. The quantitative estimate of drug-likeness (QED) is 0.792. The van der Waals surface area contributed by atoms with Crippen LogP contribution in [0.5, 0.6) is 0 Å². The minimum atomic E-state index is -1.04. The van der Waals surface area contributed by atoms with Crippen LogP contribution >= 0.6 is 0 Å². The summed E-state index contributed by atoms with van der Waals surface area (Å²) < 4.78 is 4.88. The van der Waals surface area contributed by atoms with Crippen molar-refractivity contribution in [1.29, 1.82) is 0 Å². The number of hydrogen-bond acceptors (Lipinski definition) is 7. The highest BCUT2D eigenvalue weighted by Gasteiger charge is 2.39. The zero-order chi connectivity index (χ0) is 15.9. The highest BCUT2D eigenvalue weighted by atomic mass is 16.7. The van der Waals surface area contributed by atoms with E-state index in [1.807, 2.05) is 13.8 Å². The van der Waals surface area contributed by atoms with Crippen LogP contribution in [0.1, 0.15) is 57.0 Å². The minimum absolute atomic E-state index is 0.0617. The molecule has 0 spiro atoms. The fourth-order valence-electron chi connectivity index (χ4n) is 1.93. The Hall–Kier alpha value is -3.03. The van der Waals surface area contributed by atoms with Crippen LogP contribution in [0.25, 0.3) is 0 Å². The molecule has 22 heavy (non-hydrogen) atoms. The average Bonchev–Trinajstić information content (AvgIpc) is 3.08. The normalized spacial score (nSPS) is 13.7. The second-order valence-electron chi connectivity index (χ2n) is 4.94. The molecule has 2 heterocycles. The average molecular weight is 301 g/mol. The maximum atomic E-state index is 12.1. The number of fused-ring (bicyclic) bond motifs is 1. The molecule has 0 unspecified atom stereocenters. The Bertz CT molecular complexity index is 745. The molecule has 8 heteroatoms. The van der Waals surface area contributed by atoms with E-state index in [0.717, 1.165) is 0 Å². The minimum Gasteiger partial charge on any atom is -0.338 e. The third-order valence-electron chi connectivity index (χ3n) is 3.05. The highest BCUT2D eigenvalue weighted by Crippen LogP contribution is 2.23. The molecule has 1 aliphatic rings. The Morgan fingerprint density at radius 3 is 2.27 bits per heavy atom. The molecule has 8 nitrogen and oxygen atoms in total. The van der Waals surface area contributed by atoms with Gasteiger partial charge in [0.1, 0.15) is 0 Å². The van der Waals surface area contributed by atoms with Gasteiger partial charge in [0, 0.05) is 5.92 Å². The van der Waals surface area contributed by atoms with Crippen molar-refractivity contribution < 1.29 is 23.7 Å². The van der Waals surface area contributed by atoms with E-state index in [2.05, 4.69) is 10.1 Å². The molecular weight excluding hydrogens is 290 g/mol. The molecule has 0 N–H and O–H groups in total. The highest BCUT2D eigenvalue weighted by molar-refractivity contribution is 6.21. The van der Waals surface area contributed by atoms with Gasteiger partial charge in [0.2, 0.25) is 5.89 Å². The first kappa shape index (κ1) is 13.9. The zero-order valence-electron chi connectivity index (χ0n) is 11.8. The third-order valence-corrected chi connectivity index (χ3v) is 3.05. The van der Waals surface area contributed by atoms with E-state index in [0.29, 0.717) is 5.06 Å². The van der Waals surface area contributed by atoms with Gasteiger partial charge in [-0.3, -0.25) is 9.59 Å². The van der Waals surface area contributed by atoms with Gasteiger partial charge in [-0.25, -0.2) is 4.79 Å². The number of carbonyl (C=O) groups is 3. The van der Waals surface area contributed by atoms with Gasteiger partial charge in [-0.05, 0) is 17.3 Å². The summed E-state index contributed by atoms with van der Waals surface area (Å²) in [5, 5.41) is 3.87. The first-order valence-electron chi connectivity index (χ1n) is 6.52. The Kier molecular flexibility index (Phi) is 3.21. The summed E-state index contributed by atoms with van der Waals surface area (Å²) in [5.41, 5.74) is 0.354. The number of amides is 2. The fourth-order valence-corrected chi connectivity index (χ4v) is 1.93. The van der Waals surface area contributed by atoms with Crippen molar-refractivity contribution in [3.8, 4) is 0 Å². The molecule has 0 radical (unpaired) electrons. The van der Waals surface area contributed by atoms with E-state index in [1.165, 1.54) is 12.1 Å². The molecule has 0 fully saturated rings. The number of nitrogens with zero attached hydrogens (tertiary/aromatic N) is 3. The predicted octanol–water partition coefficient (Wildman–Crippen LogP) is 1.56. The molecule has 112 valence electrons. The standard InChI is InChI=1S/C14H11N3O5/c1-7(2)11-15-10(16-21-11)14(20)22-17-12(18)8-5-3-4-6-9(8)13(17)19/h3-7H,1-2H3. The van der Waals surface area contributed by atoms with Crippen LogP contribution in [0.15, 0.2) is 28.8 Å². The van der Waals surface area contributed by atoms with Gasteiger partial charge in [0.25, 0.3) is 17.6 Å². The summed E-state index contributed by atoms with van der Waals surface area (Å²) in [6, 6.07) is 6.19. The molecular formula is C14H11N3O5. The fraction of sp³-hybridized carbons (Fsp3) is 0.214. The summed E-state index contributed by atoms with van der Waals surface area (Å²) in [6.45, 7) is 3.62. The van der Waals surface area contributed by atoms with Crippen molar-refractivity contribution >= 4 is 17.8 Å². The number of imide groups is 1. The van der Waals surface area contributed by atoms with Crippen molar-refractivity contribution in [2.45, 2.75) is 19.8 Å².